The molecule has 3 atom stereocenters. The number of fused-ring (bicyclic) bond motifs is 1. The van der Waals surface area contributed by atoms with Gasteiger partial charge in [-0.2, -0.15) is 4.31 Å². The summed E-state index contributed by atoms with van der Waals surface area (Å²) in [6.45, 7) is 3.09. The Balaban J connectivity index is 1.85. The van der Waals surface area contributed by atoms with Crippen molar-refractivity contribution in [1.29, 1.82) is 0 Å². The normalized spacial score (nSPS) is 30.0. The maximum atomic E-state index is 12.9. The third kappa shape index (κ3) is 2.44. The number of nitrogens with one attached hydrogen (secondary N) is 1. The zero-order valence-electron chi connectivity index (χ0n) is 11.6. The van der Waals surface area contributed by atoms with Crippen molar-refractivity contribution in [2.45, 2.75) is 11.8 Å². The molecule has 0 unspecified atom stereocenters. The van der Waals surface area contributed by atoms with E-state index in [2.05, 4.69) is 5.32 Å². The minimum atomic E-state index is -3.63. The minimum absolute atomic E-state index is 0.0164. The Kier molecular flexibility index (Phi) is 3.49. The van der Waals surface area contributed by atoms with E-state index in [1.54, 1.807) is 0 Å². The molecule has 2 saturated heterocycles. The number of benzene rings is 1. The fourth-order valence-corrected chi connectivity index (χ4v) is 4.71. The molecule has 1 aromatic rings. The lowest BCUT2D eigenvalue weighted by atomic mass is 9.81. The summed E-state index contributed by atoms with van der Waals surface area (Å²) in [6.07, 6.45) is 0. The van der Waals surface area contributed by atoms with Gasteiger partial charge in [0.1, 0.15) is 5.82 Å². The molecule has 0 radical (unpaired) electrons. The number of carbonyl (C=O) groups is 1. The predicted molar refractivity (Wildman–Crippen MR) is 74.3 cm³/mol. The van der Waals surface area contributed by atoms with Crippen LogP contribution in [-0.4, -0.2) is 38.3 Å². The smallest absolute Gasteiger partial charge is 0.243 e. The molecule has 1 aromatic carbocycles. The highest BCUT2D eigenvalue weighted by atomic mass is 32.2. The molecule has 0 saturated carbocycles. The van der Waals surface area contributed by atoms with E-state index in [1.165, 1.54) is 16.4 Å². The monoisotopic (exact) mass is 312 g/mol. The molecular formula is C14H17FN2O3S. The molecule has 0 spiro atoms. The summed E-state index contributed by atoms with van der Waals surface area (Å²) in [5.41, 5.74) is 0. The second-order valence-electron chi connectivity index (χ2n) is 5.73. The van der Waals surface area contributed by atoms with Crippen LogP contribution in [0.3, 0.4) is 0 Å². The lowest BCUT2D eigenvalue weighted by Crippen LogP contribution is -2.46. The van der Waals surface area contributed by atoms with Crippen LogP contribution in [0.2, 0.25) is 0 Å². The van der Waals surface area contributed by atoms with E-state index in [9.17, 15) is 17.6 Å². The largest absolute Gasteiger partial charge is 0.356 e. The summed E-state index contributed by atoms with van der Waals surface area (Å²) in [7, 11) is -3.63. The highest BCUT2D eigenvalue weighted by Crippen LogP contribution is 2.35. The molecule has 3 rings (SSSR count). The van der Waals surface area contributed by atoms with E-state index in [0.717, 1.165) is 12.1 Å². The number of rotatable bonds is 2. The summed E-state index contributed by atoms with van der Waals surface area (Å²) in [5, 5.41) is 2.81. The first-order chi connectivity index (χ1) is 9.89. The quantitative estimate of drug-likeness (QED) is 0.879. The molecular weight excluding hydrogens is 295 g/mol. The third-order valence-corrected chi connectivity index (χ3v) is 6.35. The van der Waals surface area contributed by atoms with Crippen molar-refractivity contribution >= 4 is 15.9 Å². The average molecular weight is 312 g/mol. The maximum Gasteiger partial charge on any atom is 0.243 e. The molecule has 2 aliphatic rings. The molecule has 1 N–H and O–H groups in total. The lowest BCUT2D eigenvalue weighted by molar-refractivity contribution is -0.128. The summed E-state index contributed by atoms with van der Waals surface area (Å²) in [5.74, 6) is -0.469. The van der Waals surface area contributed by atoms with Gasteiger partial charge in [-0.3, -0.25) is 4.79 Å². The van der Waals surface area contributed by atoms with Gasteiger partial charge in [0, 0.05) is 25.6 Å². The number of nitrogens with zero attached hydrogens (tertiary/aromatic N) is 1. The Hall–Kier alpha value is -1.47. The van der Waals surface area contributed by atoms with Crippen molar-refractivity contribution in [3.05, 3.63) is 30.1 Å². The van der Waals surface area contributed by atoms with Gasteiger partial charge in [-0.15, -0.1) is 0 Å². The Morgan fingerprint density at radius 3 is 2.57 bits per heavy atom. The van der Waals surface area contributed by atoms with Crippen LogP contribution >= 0.6 is 0 Å². The fourth-order valence-electron chi connectivity index (χ4n) is 3.18. The highest BCUT2D eigenvalue weighted by molar-refractivity contribution is 7.89. The number of amides is 1. The van der Waals surface area contributed by atoms with E-state index in [0.29, 0.717) is 19.6 Å². The number of sulfonamides is 1. The molecule has 5 nitrogen and oxygen atoms in total. The third-order valence-electron chi connectivity index (χ3n) is 4.50. The van der Waals surface area contributed by atoms with Crippen LogP contribution < -0.4 is 5.32 Å². The van der Waals surface area contributed by atoms with Crippen LogP contribution in [0.5, 0.6) is 0 Å². The molecule has 1 amide bonds. The standard InChI is InChI=1S/C14H17FN2O3S/c1-9-13-8-17(7-10(13)6-16-14(9)18)21(19,20)12-4-2-11(15)3-5-12/h2-5,9-10,13H,6-8H2,1H3,(H,16,18)/t9-,10-,13-/m1/s1. The van der Waals surface area contributed by atoms with Crippen molar-refractivity contribution in [3.63, 3.8) is 0 Å². The molecule has 0 aromatic heterocycles. The number of hydrogen-bond donors (Lipinski definition) is 1. The predicted octanol–water partition coefficient (Wildman–Crippen LogP) is 0.828. The zero-order valence-corrected chi connectivity index (χ0v) is 12.4. The van der Waals surface area contributed by atoms with Crippen LogP contribution in [0.25, 0.3) is 0 Å². The van der Waals surface area contributed by atoms with E-state index in [-0.39, 0.29) is 28.6 Å². The van der Waals surface area contributed by atoms with Crippen molar-refractivity contribution in [2.75, 3.05) is 19.6 Å². The zero-order chi connectivity index (χ0) is 15.2. The molecule has 21 heavy (non-hydrogen) atoms. The summed E-state index contributed by atoms with van der Waals surface area (Å²) in [4.78, 5) is 11.8. The Morgan fingerprint density at radius 1 is 1.24 bits per heavy atom. The fraction of sp³-hybridized carbons (Fsp3) is 0.500. The summed E-state index contributed by atoms with van der Waals surface area (Å²) < 4.78 is 39.5. The van der Waals surface area contributed by atoms with Gasteiger partial charge >= 0.3 is 0 Å². The van der Waals surface area contributed by atoms with Gasteiger partial charge < -0.3 is 5.32 Å². The SMILES string of the molecule is C[C@H]1C(=O)NC[C@@H]2CN(S(=O)(=O)c3ccc(F)cc3)C[C@@H]21. The van der Waals surface area contributed by atoms with Crippen molar-refractivity contribution in [1.82, 2.24) is 9.62 Å². The number of carbonyl (C=O) groups excluding carboxylic acids is 1. The van der Waals surface area contributed by atoms with Gasteiger partial charge in [0.2, 0.25) is 15.9 Å². The Bertz CT molecular complexity index is 659. The first-order valence-corrected chi connectivity index (χ1v) is 8.37. The van der Waals surface area contributed by atoms with E-state index in [4.69, 9.17) is 0 Å². The molecule has 2 heterocycles. The van der Waals surface area contributed by atoms with Crippen molar-refractivity contribution in [2.24, 2.45) is 17.8 Å². The Morgan fingerprint density at radius 2 is 1.90 bits per heavy atom. The number of halogens is 1. The second kappa shape index (κ2) is 5.06. The minimum Gasteiger partial charge on any atom is -0.356 e. The number of piperidine rings is 1. The Labute approximate surface area is 123 Å². The molecule has 2 aliphatic heterocycles. The lowest BCUT2D eigenvalue weighted by Gasteiger charge is -2.29. The summed E-state index contributed by atoms with van der Waals surface area (Å²) in [6, 6.07) is 4.84. The first-order valence-electron chi connectivity index (χ1n) is 6.93. The van der Waals surface area contributed by atoms with E-state index in [1.807, 2.05) is 6.92 Å². The van der Waals surface area contributed by atoms with Gasteiger partial charge in [0.05, 0.1) is 4.90 Å². The molecule has 0 aliphatic carbocycles. The molecule has 0 bridgehead atoms. The van der Waals surface area contributed by atoms with Gasteiger partial charge in [0.25, 0.3) is 0 Å². The molecule has 2 fully saturated rings. The van der Waals surface area contributed by atoms with Gasteiger partial charge in [-0.1, -0.05) is 6.92 Å². The highest BCUT2D eigenvalue weighted by Gasteiger charge is 2.45. The van der Waals surface area contributed by atoms with Crippen molar-refractivity contribution < 1.29 is 17.6 Å². The number of hydrogen-bond acceptors (Lipinski definition) is 3. The van der Waals surface area contributed by atoms with Crippen LogP contribution in [0, 0.1) is 23.6 Å². The van der Waals surface area contributed by atoms with Gasteiger partial charge in [-0.05, 0) is 36.1 Å². The van der Waals surface area contributed by atoms with Gasteiger partial charge in [-0.25, -0.2) is 12.8 Å². The van der Waals surface area contributed by atoms with E-state index < -0.39 is 15.8 Å². The maximum absolute atomic E-state index is 12.9. The van der Waals surface area contributed by atoms with Crippen molar-refractivity contribution in [3.8, 4) is 0 Å². The van der Waals surface area contributed by atoms with Crippen LogP contribution in [0.15, 0.2) is 29.2 Å². The van der Waals surface area contributed by atoms with Gasteiger partial charge in [0.15, 0.2) is 0 Å². The topological polar surface area (TPSA) is 66.5 Å². The van der Waals surface area contributed by atoms with Crippen LogP contribution in [0.1, 0.15) is 6.92 Å². The van der Waals surface area contributed by atoms with Crippen LogP contribution in [-0.2, 0) is 14.8 Å². The molecule has 7 heteroatoms. The second-order valence-corrected chi connectivity index (χ2v) is 7.67. The van der Waals surface area contributed by atoms with E-state index >= 15 is 0 Å². The molecule has 114 valence electrons. The first kappa shape index (κ1) is 14.5. The summed E-state index contributed by atoms with van der Waals surface area (Å²) >= 11 is 0. The average Bonchev–Trinajstić information content (AvgIpc) is 2.89. The van der Waals surface area contributed by atoms with Crippen LogP contribution in [0.4, 0.5) is 4.39 Å².